The second kappa shape index (κ2) is 5.97. The summed E-state index contributed by atoms with van der Waals surface area (Å²) < 4.78 is 6.09. The zero-order valence-electron chi connectivity index (χ0n) is 12.0. The molecule has 2 aromatic heterocycles. The molecule has 0 atom stereocenters. The van der Waals surface area contributed by atoms with E-state index in [1.807, 2.05) is 0 Å². The molecule has 0 aliphatic heterocycles. The van der Waals surface area contributed by atoms with Crippen LogP contribution < -0.4 is 4.74 Å². The second-order valence-corrected chi connectivity index (χ2v) is 6.45. The molecule has 0 radical (unpaired) electrons. The molecule has 6 heteroatoms. The van der Waals surface area contributed by atoms with E-state index in [1.54, 1.807) is 6.92 Å². The lowest BCUT2D eigenvalue weighted by Gasteiger charge is -2.16. The van der Waals surface area contributed by atoms with Gasteiger partial charge in [0.1, 0.15) is 22.1 Å². The first-order chi connectivity index (χ1) is 10.2. The smallest absolute Gasteiger partial charge is 0.346 e. The fraction of sp³-hybridized carbons (Fsp3) is 0.533. The van der Waals surface area contributed by atoms with E-state index in [4.69, 9.17) is 4.74 Å². The summed E-state index contributed by atoms with van der Waals surface area (Å²) in [5.41, 5.74) is 0.701. The number of thiophene rings is 1. The Morgan fingerprint density at radius 2 is 2.00 bits per heavy atom. The number of nitrogens with zero attached hydrogens (tertiary/aromatic N) is 2. The van der Waals surface area contributed by atoms with Crippen molar-refractivity contribution in [2.45, 2.75) is 51.6 Å². The van der Waals surface area contributed by atoms with Crippen LogP contribution in [0.4, 0.5) is 0 Å². The third-order valence-corrected chi connectivity index (χ3v) is 5.15. The average molecular weight is 306 g/mol. The van der Waals surface area contributed by atoms with Crippen molar-refractivity contribution in [3.05, 3.63) is 16.8 Å². The maximum atomic E-state index is 11.3. The molecule has 21 heavy (non-hydrogen) atoms. The molecule has 0 bridgehead atoms. The van der Waals surface area contributed by atoms with Gasteiger partial charge < -0.3 is 9.84 Å². The van der Waals surface area contributed by atoms with E-state index in [0.717, 1.165) is 18.2 Å². The van der Waals surface area contributed by atoms with Crippen LogP contribution in [0, 0.1) is 6.92 Å². The maximum Gasteiger partial charge on any atom is 0.346 e. The van der Waals surface area contributed by atoms with Gasteiger partial charge in [0.05, 0.1) is 5.39 Å². The first-order valence-corrected chi connectivity index (χ1v) is 8.12. The first-order valence-electron chi connectivity index (χ1n) is 7.31. The number of hydrogen-bond acceptors (Lipinski definition) is 5. The standard InChI is InChI=1S/C15H18N2O3S/c1-9-11-13(20-10-6-4-2-3-5-7-10)16-8-17-14(11)21-12(9)15(18)19/h8,10H,2-7H2,1H3,(H,18,19). The molecule has 0 amide bonds. The van der Waals surface area contributed by atoms with E-state index in [0.29, 0.717) is 21.2 Å². The van der Waals surface area contributed by atoms with Crippen molar-refractivity contribution in [2.24, 2.45) is 0 Å². The minimum atomic E-state index is -0.920. The molecule has 3 rings (SSSR count). The van der Waals surface area contributed by atoms with Gasteiger partial charge >= 0.3 is 5.97 Å². The van der Waals surface area contributed by atoms with Crippen molar-refractivity contribution < 1.29 is 14.6 Å². The van der Waals surface area contributed by atoms with Crippen LogP contribution in [0.15, 0.2) is 6.33 Å². The van der Waals surface area contributed by atoms with Crippen LogP contribution in [0.5, 0.6) is 5.88 Å². The quantitative estimate of drug-likeness (QED) is 0.873. The van der Waals surface area contributed by atoms with E-state index in [-0.39, 0.29) is 6.10 Å². The maximum absolute atomic E-state index is 11.3. The van der Waals surface area contributed by atoms with Gasteiger partial charge in [-0.05, 0) is 38.2 Å². The Balaban J connectivity index is 1.96. The summed E-state index contributed by atoms with van der Waals surface area (Å²) in [6, 6.07) is 0. The summed E-state index contributed by atoms with van der Waals surface area (Å²) in [5, 5.41) is 9.99. The SMILES string of the molecule is Cc1c(C(=O)O)sc2ncnc(OC3CCCCCC3)c12. The molecule has 1 fully saturated rings. The second-order valence-electron chi connectivity index (χ2n) is 5.45. The van der Waals surface area contributed by atoms with Crippen LogP contribution in [-0.2, 0) is 0 Å². The molecular weight excluding hydrogens is 288 g/mol. The fourth-order valence-electron chi connectivity index (χ4n) is 2.85. The van der Waals surface area contributed by atoms with Crippen LogP contribution in [-0.4, -0.2) is 27.1 Å². The molecule has 0 unspecified atom stereocenters. The lowest BCUT2D eigenvalue weighted by molar-refractivity contribution is 0.0701. The number of carboxylic acids is 1. The van der Waals surface area contributed by atoms with Crippen LogP contribution in [0.3, 0.4) is 0 Å². The normalized spacial score (nSPS) is 16.8. The van der Waals surface area contributed by atoms with Crippen LogP contribution in [0.25, 0.3) is 10.2 Å². The zero-order valence-corrected chi connectivity index (χ0v) is 12.8. The number of carboxylic acid groups (broad SMARTS) is 1. The van der Waals surface area contributed by atoms with Gasteiger partial charge in [0, 0.05) is 0 Å². The molecule has 1 N–H and O–H groups in total. The van der Waals surface area contributed by atoms with Crippen LogP contribution in [0.2, 0.25) is 0 Å². The number of aryl methyl sites for hydroxylation is 1. The summed E-state index contributed by atoms with van der Waals surface area (Å²) in [5.74, 6) is -0.385. The van der Waals surface area contributed by atoms with Gasteiger partial charge in [-0.15, -0.1) is 11.3 Å². The van der Waals surface area contributed by atoms with Crippen molar-refractivity contribution in [2.75, 3.05) is 0 Å². The number of carbonyl (C=O) groups is 1. The number of rotatable bonds is 3. The van der Waals surface area contributed by atoms with Crippen molar-refractivity contribution in [3.8, 4) is 5.88 Å². The molecule has 5 nitrogen and oxygen atoms in total. The molecule has 0 spiro atoms. The molecule has 2 aromatic rings. The number of ether oxygens (including phenoxy) is 1. The lowest BCUT2D eigenvalue weighted by Crippen LogP contribution is -2.16. The Bertz CT molecular complexity index is 660. The van der Waals surface area contributed by atoms with Crippen molar-refractivity contribution in [1.29, 1.82) is 0 Å². The van der Waals surface area contributed by atoms with Gasteiger partial charge in [0.25, 0.3) is 0 Å². The Labute approximate surface area is 127 Å². The number of aromatic nitrogens is 2. The third kappa shape index (κ3) is 2.85. The summed E-state index contributed by atoms with van der Waals surface area (Å²) in [6.45, 7) is 1.80. The monoisotopic (exact) mass is 306 g/mol. The summed E-state index contributed by atoms with van der Waals surface area (Å²) >= 11 is 1.18. The largest absolute Gasteiger partial charge is 0.477 e. The number of fused-ring (bicyclic) bond motifs is 1. The molecule has 2 heterocycles. The van der Waals surface area contributed by atoms with E-state index >= 15 is 0 Å². The third-order valence-electron chi connectivity index (χ3n) is 3.97. The number of aromatic carboxylic acids is 1. The summed E-state index contributed by atoms with van der Waals surface area (Å²) in [6.07, 6.45) is 8.61. The number of hydrogen-bond donors (Lipinski definition) is 1. The average Bonchev–Trinajstić information content (AvgIpc) is 2.64. The van der Waals surface area contributed by atoms with Gasteiger partial charge in [0.15, 0.2) is 0 Å². The van der Waals surface area contributed by atoms with Crippen molar-refractivity contribution in [1.82, 2.24) is 9.97 Å². The van der Waals surface area contributed by atoms with Crippen molar-refractivity contribution in [3.63, 3.8) is 0 Å². The van der Waals surface area contributed by atoms with E-state index < -0.39 is 5.97 Å². The Hall–Kier alpha value is -1.69. The van der Waals surface area contributed by atoms with E-state index in [2.05, 4.69) is 9.97 Å². The van der Waals surface area contributed by atoms with Gasteiger partial charge in [-0.3, -0.25) is 0 Å². The minimum Gasteiger partial charge on any atom is -0.477 e. The van der Waals surface area contributed by atoms with Gasteiger partial charge in [-0.2, -0.15) is 0 Å². The summed E-state index contributed by atoms with van der Waals surface area (Å²) in [7, 11) is 0. The highest BCUT2D eigenvalue weighted by molar-refractivity contribution is 7.20. The van der Waals surface area contributed by atoms with Crippen LogP contribution >= 0.6 is 11.3 Å². The Kier molecular flexibility index (Phi) is 4.05. The van der Waals surface area contributed by atoms with Crippen molar-refractivity contribution >= 4 is 27.5 Å². The first kappa shape index (κ1) is 14.3. The highest BCUT2D eigenvalue weighted by Gasteiger charge is 2.21. The summed E-state index contributed by atoms with van der Waals surface area (Å²) in [4.78, 5) is 20.7. The molecule has 0 saturated heterocycles. The van der Waals surface area contributed by atoms with E-state index in [1.165, 1.54) is 43.3 Å². The molecule has 1 aliphatic rings. The van der Waals surface area contributed by atoms with Gasteiger partial charge in [0.2, 0.25) is 5.88 Å². The fourth-order valence-corrected chi connectivity index (χ4v) is 3.83. The molecule has 0 aromatic carbocycles. The highest BCUT2D eigenvalue weighted by Crippen LogP contribution is 2.35. The Morgan fingerprint density at radius 3 is 2.67 bits per heavy atom. The molecule has 1 saturated carbocycles. The lowest BCUT2D eigenvalue weighted by atomic mass is 10.1. The van der Waals surface area contributed by atoms with Gasteiger partial charge in [-0.1, -0.05) is 12.8 Å². The minimum absolute atomic E-state index is 0.179. The highest BCUT2D eigenvalue weighted by atomic mass is 32.1. The predicted octanol–water partition coefficient (Wildman–Crippen LogP) is 3.80. The van der Waals surface area contributed by atoms with Crippen LogP contribution in [0.1, 0.15) is 53.8 Å². The topological polar surface area (TPSA) is 72.3 Å². The van der Waals surface area contributed by atoms with Gasteiger partial charge in [-0.25, -0.2) is 14.8 Å². The predicted molar refractivity (Wildman–Crippen MR) is 81.2 cm³/mol. The van der Waals surface area contributed by atoms with E-state index in [9.17, 15) is 9.90 Å². The molecule has 112 valence electrons. The Morgan fingerprint density at radius 1 is 1.29 bits per heavy atom. The molecular formula is C15H18N2O3S. The molecule has 1 aliphatic carbocycles. The zero-order chi connectivity index (χ0) is 14.8.